The van der Waals surface area contributed by atoms with Crippen molar-refractivity contribution in [2.45, 2.75) is 50.4 Å². The third kappa shape index (κ3) is 7.80. The summed E-state index contributed by atoms with van der Waals surface area (Å²) < 4.78 is 0. The molecule has 0 saturated heterocycles. The molecule has 0 bridgehead atoms. The molecule has 14 nitrogen and oxygen atoms in total. The van der Waals surface area contributed by atoms with Crippen LogP contribution in [0.4, 0.5) is 0 Å². The summed E-state index contributed by atoms with van der Waals surface area (Å²) in [5, 5.41) is 25.6. The van der Waals surface area contributed by atoms with E-state index in [-0.39, 0.29) is 6.42 Å². The van der Waals surface area contributed by atoms with Gasteiger partial charge in [-0.3, -0.25) is 28.8 Å². The number of aliphatic carboxylic acids is 2. The maximum absolute atomic E-state index is 13.0. The van der Waals surface area contributed by atoms with Gasteiger partial charge in [0.15, 0.2) is 0 Å². The number of carbonyl (C=O) groups excluding carboxylic acids is 4. The molecule has 0 aliphatic carbocycles. The Kier molecular flexibility index (Phi) is 9.50. The molecule has 4 atom stereocenters. The van der Waals surface area contributed by atoms with Crippen molar-refractivity contribution in [1.82, 2.24) is 20.9 Å². The van der Waals surface area contributed by atoms with Crippen molar-refractivity contribution in [2.75, 3.05) is 0 Å². The number of benzene rings is 1. The largest absolute Gasteiger partial charge is 0.481 e. The Morgan fingerprint density at radius 2 is 1.53 bits per heavy atom. The summed E-state index contributed by atoms with van der Waals surface area (Å²) in [4.78, 5) is 74.7. The number of rotatable bonds is 13. The van der Waals surface area contributed by atoms with Gasteiger partial charge in [-0.05, 0) is 18.6 Å². The molecule has 10 N–H and O–H groups in total. The Hall–Kier alpha value is -4.46. The van der Waals surface area contributed by atoms with Gasteiger partial charge in [0, 0.05) is 23.5 Å². The van der Waals surface area contributed by atoms with Gasteiger partial charge in [0.05, 0.1) is 18.9 Å². The highest BCUT2D eigenvalue weighted by atomic mass is 16.4. The summed E-state index contributed by atoms with van der Waals surface area (Å²) >= 11 is 0. The molecular formula is C22H28N6O8. The van der Waals surface area contributed by atoms with Crippen LogP contribution in [0.1, 0.15) is 25.3 Å². The highest BCUT2D eigenvalue weighted by Crippen LogP contribution is 2.19. The molecular weight excluding hydrogens is 476 g/mol. The minimum absolute atomic E-state index is 0.0658. The molecule has 36 heavy (non-hydrogen) atoms. The molecule has 2 rings (SSSR count). The first-order valence-corrected chi connectivity index (χ1v) is 10.8. The van der Waals surface area contributed by atoms with Gasteiger partial charge in [0.2, 0.25) is 23.6 Å². The molecule has 1 aromatic carbocycles. The molecule has 0 aliphatic rings. The van der Waals surface area contributed by atoms with Crippen molar-refractivity contribution in [3.8, 4) is 0 Å². The first-order valence-electron chi connectivity index (χ1n) is 10.8. The summed E-state index contributed by atoms with van der Waals surface area (Å²) in [5.41, 5.74) is 12.1. The third-order valence-corrected chi connectivity index (χ3v) is 5.23. The Balaban J connectivity index is 2.28. The molecule has 0 spiro atoms. The first kappa shape index (κ1) is 27.8. The quantitative estimate of drug-likeness (QED) is 0.149. The monoisotopic (exact) mass is 504 g/mol. The fourth-order valence-electron chi connectivity index (χ4n) is 3.35. The van der Waals surface area contributed by atoms with Crippen LogP contribution in [0, 0.1) is 0 Å². The van der Waals surface area contributed by atoms with E-state index < -0.39 is 72.6 Å². The van der Waals surface area contributed by atoms with Crippen LogP contribution < -0.4 is 27.4 Å². The molecule has 4 amide bonds. The predicted octanol–water partition coefficient (Wildman–Crippen LogP) is -2.05. The fraction of sp³-hybridized carbons (Fsp3) is 0.364. The van der Waals surface area contributed by atoms with E-state index in [1.165, 1.54) is 6.92 Å². The minimum Gasteiger partial charge on any atom is -0.481 e. The maximum Gasteiger partial charge on any atom is 0.325 e. The first-order chi connectivity index (χ1) is 16.9. The molecule has 0 radical (unpaired) electrons. The molecule has 2 aromatic rings. The average Bonchev–Trinajstić information content (AvgIpc) is 3.20. The van der Waals surface area contributed by atoms with E-state index in [1.807, 2.05) is 0 Å². The summed E-state index contributed by atoms with van der Waals surface area (Å²) in [6.45, 7) is 1.24. The van der Waals surface area contributed by atoms with Crippen LogP contribution >= 0.6 is 0 Å². The highest BCUT2D eigenvalue weighted by molar-refractivity contribution is 5.97. The molecule has 1 aromatic heterocycles. The number of primary amides is 1. The zero-order chi connectivity index (χ0) is 27.0. The SMILES string of the molecule is CC(NC(=O)C(Cc1c[nH]c2ccccc12)NC(=O)C(CC(N)=O)NC(=O)C(N)CC(=O)O)C(=O)O. The molecule has 14 heteroatoms. The molecule has 4 unspecified atom stereocenters. The van der Waals surface area contributed by atoms with Gasteiger partial charge in [-0.2, -0.15) is 0 Å². The second-order valence-electron chi connectivity index (χ2n) is 8.13. The van der Waals surface area contributed by atoms with E-state index in [2.05, 4.69) is 20.9 Å². The number of para-hydroxylation sites is 1. The van der Waals surface area contributed by atoms with Crippen molar-refractivity contribution in [2.24, 2.45) is 11.5 Å². The van der Waals surface area contributed by atoms with Crippen LogP contribution in [0.2, 0.25) is 0 Å². The minimum atomic E-state index is -1.56. The van der Waals surface area contributed by atoms with Crippen LogP contribution in [0.25, 0.3) is 10.9 Å². The number of nitrogens with two attached hydrogens (primary N) is 2. The zero-order valence-electron chi connectivity index (χ0n) is 19.3. The van der Waals surface area contributed by atoms with Gasteiger partial charge in [-0.25, -0.2) is 0 Å². The van der Waals surface area contributed by atoms with Crippen LogP contribution in [-0.4, -0.2) is 74.9 Å². The number of fused-ring (bicyclic) bond motifs is 1. The van der Waals surface area contributed by atoms with Crippen molar-refractivity contribution in [1.29, 1.82) is 0 Å². The topological polar surface area (TPSA) is 247 Å². The van der Waals surface area contributed by atoms with Crippen LogP contribution in [0.5, 0.6) is 0 Å². The summed E-state index contributed by atoms with van der Waals surface area (Å²) in [7, 11) is 0. The van der Waals surface area contributed by atoms with Gasteiger partial charge in [0.25, 0.3) is 0 Å². The Labute approximate surface area is 204 Å². The number of carboxylic acids is 2. The number of hydrogen-bond acceptors (Lipinski definition) is 7. The van der Waals surface area contributed by atoms with Crippen molar-refractivity contribution < 1.29 is 39.0 Å². The van der Waals surface area contributed by atoms with E-state index in [4.69, 9.17) is 21.7 Å². The highest BCUT2D eigenvalue weighted by Gasteiger charge is 2.31. The molecule has 0 aliphatic heterocycles. The Bertz CT molecular complexity index is 1160. The van der Waals surface area contributed by atoms with Crippen molar-refractivity contribution in [3.05, 3.63) is 36.0 Å². The Morgan fingerprint density at radius 3 is 2.14 bits per heavy atom. The van der Waals surface area contributed by atoms with Crippen LogP contribution in [-0.2, 0) is 35.2 Å². The predicted molar refractivity (Wildman–Crippen MR) is 125 cm³/mol. The standard InChI is InChI=1S/C22H28N6O8/c1-10(22(35)36)26-20(33)15(6-11-9-25-14-5-3-2-4-12(11)14)28-21(34)16(8-17(24)29)27-19(32)13(23)7-18(30)31/h2-5,9-10,13,15-16,25H,6-8,23H2,1H3,(H2,24,29)(H,26,33)(H,27,32)(H,28,34)(H,30,31)(H,35,36). The molecule has 1 heterocycles. The number of aromatic amines is 1. The van der Waals surface area contributed by atoms with E-state index in [9.17, 15) is 28.8 Å². The van der Waals surface area contributed by atoms with E-state index >= 15 is 0 Å². The van der Waals surface area contributed by atoms with Gasteiger partial charge in [-0.1, -0.05) is 18.2 Å². The number of hydrogen-bond donors (Lipinski definition) is 8. The lowest BCUT2D eigenvalue weighted by molar-refractivity contribution is -0.142. The number of nitrogens with one attached hydrogen (secondary N) is 4. The lowest BCUT2D eigenvalue weighted by Gasteiger charge is -2.24. The average molecular weight is 505 g/mol. The smallest absolute Gasteiger partial charge is 0.325 e. The van der Waals surface area contributed by atoms with Crippen LogP contribution in [0.3, 0.4) is 0 Å². The third-order valence-electron chi connectivity index (χ3n) is 5.23. The second kappa shape index (κ2) is 12.3. The van der Waals surface area contributed by atoms with Gasteiger partial charge >= 0.3 is 11.9 Å². The number of amides is 4. The number of aromatic nitrogens is 1. The fourth-order valence-corrected chi connectivity index (χ4v) is 3.35. The van der Waals surface area contributed by atoms with Gasteiger partial charge in [-0.15, -0.1) is 0 Å². The lowest BCUT2D eigenvalue weighted by atomic mass is 10.0. The lowest BCUT2D eigenvalue weighted by Crippen LogP contribution is -2.58. The normalized spacial score (nSPS) is 14.2. The van der Waals surface area contributed by atoms with Gasteiger partial charge < -0.3 is 42.6 Å². The van der Waals surface area contributed by atoms with E-state index in [1.54, 1.807) is 30.5 Å². The molecule has 0 fully saturated rings. The number of carbonyl (C=O) groups is 6. The Morgan fingerprint density at radius 1 is 0.917 bits per heavy atom. The van der Waals surface area contributed by atoms with Crippen molar-refractivity contribution >= 4 is 46.5 Å². The summed E-state index contributed by atoms with van der Waals surface area (Å²) in [5.74, 6) is -6.43. The molecule has 194 valence electrons. The molecule has 0 saturated carbocycles. The maximum atomic E-state index is 13.0. The van der Waals surface area contributed by atoms with E-state index in [0.717, 1.165) is 10.9 Å². The summed E-state index contributed by atoms with van der Waals surface area (Å²) in [6, 6.07) is 1.52. The zero-order valence-corrected chi connectivity index (χ0v) is 19.3. The van der Waals surface area contributed by atoms with Crippen molar-refractivity contribution in [3.63, 3.8) is 0 Å². The van der Waals surface area contributed by atoms with E-state index in [0.29, 0.717) is 5.56 Å². The van der Waals surface area contributed by atoms with Crippen LogP contribution in [0.15, 0.2) is 30.5 Å². The number of H-pyrrole nitrogens is 1. The summed E-state index contributed by atoms with van der Waals surface area (Å²) in [6.07, 6.45) is 0.175. The van der Waals surface area contributed by atoms with Gasteiger partial charge in [0.1, 0.15) is 18.1 Å². The second-order valence-corrected chi connectivity index (χ2v) is 8.13. The number of carboxylic acid groups (broad SMARTS) is 2.